The van der Waals surface area contributed by atoms with Crippen molar-refractivity contribution < 1.29 is 4.79 Å². The molecule has 4 aromatic rings. The highest BCUT2D eigenvalue weighted by atomic mass is 16.2. The van der Waals surface area contributed by atoms with Crippen LogP contribution in [-0.4, -0.2) is 59.4 Å². The van der Waals surface area contributed by atoms with Gasteiger partial charge >= 0.3 is 0 Å². The van der Waals surface area contributed by atoms with E-state index in [9.17, 15) is 10.1 Å². The average Bonchev–Trinajstić information content (AvgIpc) is 3.33. The number of rotatable bonds is 5. The maximum Gasteiger partial charge on any atom is 0.253 e. The summed E-state index contributed by atoms with van der Waals surface area (Å²) in [5, 5.41) is 9.58. The summed E-state index contributed by atoms with van der Waals surface area (Å²) in [6.07, 6.45) is 0. The summed E-state index contributed by atoms with van der Waals surface area (Å²) in [5.74, 6) is 0.856. The molecule has 1 aromatic heterocycles. The first-order chi connectivity index (χ1) is 17.0. The number of piperazine rings is 1. The fraction of sp³-hybridized carbons (Fsp3) is 0.250. The Morgan fingerprint density at radius 2 is 1.80 bits per heavy atom. The van der Waals surface area contributed by atoms with E-state index < -0.39 is 0 Å². The molecule has 1 aliphatic heterocycles. The number of aromatic nitrogens is 2. The van der Waals surface area contributed by atoms with Crippen LogP contribution in [0, 0.1) is 11.3 Å². The number of aromatic amines is 1. The molecule has 1 atom stereocenters. The molecule has 176 valence electrons. The molecule has 7 nitrogen and oxygen atoms in total. The Bertz CT molecular complexity index is 1350. The van der Waals surface area contributed by atoms with Crippen LogP contribution in [-0.2, 0) is 6.54 Å². The van der Waals surface area contributed by atoms with Crippen molar-refractivity contribution in [3.05, 3.63) is 95.3 Å². The molecule has 1 fully saturated rings. The Labute approximate surface area is 205 Å². The number of carbonyl (C=O) groups excluding carboxylic acids is 1. The predicted octanol–water partition coefficient (Wildman–Crippen LogP) is 4.20. The minimum Gasteiger partial charge on any atom is -0.378 e. The summed E-state index contributed by atoms with van der Waals surface area (Å²) in [6.45, 7) is 2.43. The molecule has 1 aliphatic rings. The van der Waals surface area contributed by atoms with Gasteiger partial charge in [0.15, 0.2) is 0 Å². The molecule has 1 N–H and O–H groups in total. The van der Waals surface area contributed by atoms with Crippen LogP contribution in [0.4, 0.5) is 5.69 Å². The second-order valence-electron chi connectivity index (χ2n) is 9.09. The van der Waals surface area contributed by atoms with E-state index in [-0.39, 0.29) is 11.9 Å². The molecule has 0 saturated carbocycles. The third-order valence-electron chi connectivity index (χ3n) is 6.64. The minimum absolute atomic E-state index is 0.0218. The van der Waals surface area contributed by atoms with Crippen molar-refractivity contribution in [2.45, 2.75) is 12.6 Å². The van der Waals surface area contributed by atoms with Crippen LogP contribution in [0.3, 0.4) is 0 Å². The number of nitrogens with zero attached hydrogens (tertiary/aromatic N) is 5. The zero-order chi connectivity index (χ0) is 24.4. The first kappa shape index (κ1) is 22.6. The lowest BCUT2D eigenvalue weighted by molar-refractivity contribution is 0.0439. The molecule has 2 heterocycles. The molecule has 1 unspecified atom stereocenters. The third-order valence-corrected chi connectivity index (χ3v) is 6.64. The maximum atomic E-state index is 13.4. The standard InChI is InChI=1S/C28H28N6O/c1-32(2)23-13-11-20(12-14-23)28(35)34-16-15-33(18-22-8-4-3-7-21(22)17-29)26(19-34)27-30-24-9-5-6-10-25(24)31-27/h3-14,26H,15-16,18-19H2,1-2H3,(H,30,31). The zero-order valence-corrected chi connectivity index (χ0v) is 20.0. The van der Waals surface area contributed by atoms with Crippen LogP contribution in [0.2, 0.25) is 0 Å². The van der Waals surface area contributed by atoms with Gasteiger partial charge in [0.05, 0.1) is 28.7 Å². The summed E-state index contributed by atoms with van der Waals surface area (Å²) < 4.78 is 0. The SMILES string of the molecule is CN(C)c1ccc(C(=O)N2CCN(Cc3ccccc3C#N)C(c3nc4ccccc4[nH]3)C2)cc1. The van der Waals surface area contributed by atoms with Crippen LogP contribution in [0.15, 0.2) is 72.8 Å². The van der Waals surface area contributed by atoms with Gasteiger partial charge in [0.2, 0.25) is 0 Å². The third kappa shape index (κ3) is 4.61. The number of fused-ring (bicyclic) bond motifs is 1. The Hall–Kier alpha value is -4.15. The topological polar surface area (TPSA) is 79.3 Å². The van der Waals surface area contributed by atoms with E-state index in [1.807, 2.05) is 96.7 Å². The number of nitrogens with one attached hydrogen (secondary N) is 1. The Morgan fingerprint density at radius 3 is 2.54 bits per heavy atom. The van der Waals surface area contributed by atoms with Gasteiger partial charge in [-0.05, 0) is 48.0 Å². The Kier molecular flexibility index (Phi) is 6.21. The Balaban J connectivity index is 1.44. The van der Waals surface area contributed by atoms with Gasteiger partial charge in [-0.15, -0.1) is 0 Å². The fourth-order valence-electron chi connectivity index (χ4n) is 4.65. The van der Waals surface area contributed by atoms with E-state index in [1.165, 1.54) is 0 Å². The summed E-state index contributed by atoms with van der Waals surface area (Å²) in [7, 11) is 3.97. The van der Waals surface area contributed by atoms with Crippen molar-refractivity contribution >= 4 is 22.6 Å². The zero-order valence-electron chi connectivity index (χ0n) is 20.0. The average molecular weight is 465 g/mol. The van der Waals surface area contributed by atoms with E-state index in [0.29, 0.717) is 37.3 Å². The van der Waals surface area contributed by atoms with Crippen LogP contribution >= 0.6 is 0 Å². The number of amides is 1. The normalized spacial score (nSPS) is 16.3. The highest BCUT2D eigenvalue weighted by molar-refractivity contribution is 5.94. The summed E-state index contributed by atoms with van der Waals surface area (Å²) in [6, 6.07) is 25.6. The van der Waals surface area contributed by atoms with Crippen LogP contribution in [0.5, 0.6) is 0 Å². The molecule has 0 spiro atoms. The summed E-state index contributed by atoms with van der Waals surface area (Å²) in [4.78, 5) is 28.0. The first-order valence-electron chi connectivity index (χ1n) is 11.8. The van der Waals surface area contributed by atoms with Crippen LogP contribution in [0.1, 0.15) is 33.4 Å². The van der Waals surface area contributed by atoms with Gasteiger partial charge in [-0.25, -0.2) is 4.98 Å². The first-order valence-corrected chi connectivity index (χ1v) is 11.8. The molecule has 35 heavy (non-hydrogen) atoms. The molecule has 5 rings (SSSR count). The number of hydrogen-bond acceptors (Lipinski definition) is 5. The molecule has 1 amide bonds. The van der Waals surface area contributed by atoms with E-state index in [2.05, 4.69) is 16.0 Å². The van der Waals surface area contributed by atoms with Crippen molar-refractivity contribution in [3.8, 4) is 6.07 Å². The molecule has 0 bridgehead atoms. The van der Waals surface area contributed by atoms with Crippen molar-refractivity contribution in [1.29, 1.82) is 5.26 Å². The molecular weight excluding hydrogens is 436 g/mol. The molecule has 7 heteroatoms. The number of hydrogen-bond donors (Lipinski definition) is 1. The van der Waals surface area contributed by atoms with Gasteiger partial charge < -0.3 is 14.8 Å². The van der Waals surface area contributed by atoms with Gasteiger partial charge in [0.1, 0.15) is 5.82 Å². The van der Waals surface area contributed by atoms with Gasteiger partial charge in [-0.2, -0.15) is 5.26 Å². The quantitative estimate of drug-likeness (QED) is 0.479. The fourth-order valence-corrected chi connectivity index (χ4v) is 4.65. The molecule has 3 aromatic carbocycles. The lowest BCUT2D eigenvalue weighted by Gasteiger charge is -2.40. The number of carbonyl (C=O) groups is 1. The van der Waals surface area contributed by atoms with Crippen molar-refractivity contribution in [1.82, 2.24) is 19.8 Å². The number of benzene rings is 3. The lowest BCUT2D eigenvalue weighted by Crippen LogP contribution is -2.50. The number of para-hydroxylation sites is 2. The van der Waals surface area contributed by atoms with E-state index in [1.54, 1.807) is 0 Å². The largest absolute Gasteiger partial charge is 0.378 e. The van der Waals surface area contributed by atoms with Crippen molar-refractivity contribution in [3.63, 3.8) is 0 Å². The van der Waals surface area contributed by atoms with Gasteiger partial charge in [0.25, 0.3) is 5.91 Å². The van der Waals surface area contributed by atoms with Crippen molar-refractivity contribution in [2.75, 3.05) is 38.6 Å². The number of nitriles is 1. The maximum absolute atomic E-state index is 13.4. The van der Waals surface area contributed by atoms with Crippen LogP contribution in [0.25, 0.3) is 11.0 Å². The van der Waals surface area contributed by atoms with E-state index >= 15 is 0 Å². The summed E-state index contributed by atoms with van der Waals surface area (Å²) >= 11 is 0. The highest BCUT2D eigenvalue weighted by Crippen LogP contribution is 2.29. The number of anilines is 1. The lowest BCUT2D eigenvalue weighted by atomic mass is 10.0. The van der Waals surface area contributed by atoms with Gasteiger partial charge in [-0.1, -0.05) is 30.3 Å². The molecule has 0 aliphatic carbocycles. The van der Waals surface area contributed by atoms with Crippen LogP contribution < -0.4 is 4.90 Å². The van der Waals surface area contributed by atoms with Gasteiger partial charge in [0, 0.05) is 51.5 Å². The minimum atomic E-state index is -0.118. The second kappa shape index (κ2) is 9.61. The molecule has 1 saturated heterocycles. The van der Waals surface area contributed by atoms with Gasteiger partial charge in [-0.3, -0.25) is 9.69 Å². The van der Waals surface area contributed by atoms with Crippen molar-refractivity contribution in [2.24, 2.45) is 0 Å². The number of imidazole rings is 1. The molecule has 0 radical (unpaired) electrons. The Morgan fingerprint density at radius 1 is 1.06 bits per heavy atom. The molecular formula is C28H28N6O. The highest BCUT2D eigenvalue weighted by Gasteiger charge is 2.33. The monoisotopic (exact) mass is 464 g/mol. The number of H-pyrrole nitrogens is 1. The second-order valence-corrected chi connectivity index (χ2v) is 9.09. The predicted molar refractivity (Wildman–Crippen MR) is 137 cm³/mol. The van der Waals surface area contributed by atoms with E-state index in [0.717, 1.165) is 28.1 Å². The smallest absolute Gasteiger partial charge is 0.253 e. The van der Waals surface area contributed by atoms with E-state index in [4.69, 9.17) is 4.98 Å². The summed E-state index contributed by atoms with van der Waals surface area (Å²) in [5.41, 5.74) is 5.28.